The lowest BCUT2D eigenvalue weighted by Gasteiger charge is -2.11. The highest BCUT2D eigenvalue weighted by Gasteiger charge is 2.24. The number of nitrogens with zero attached hydrogens (tertiary/aromatic N) is 5. The SMILES string of the molecule is Cc1nnc(SCC(=O)Nc2c3c(nn2-c2ccccc2)CCC3)n1Cc1ccccc1. The van der Waals surface area contributed by atoms with Gasteiger partial charge < -0.3 is 9.88 Å². The fourth-order valence-corrected chi connectivity index (χ4v) is 4.77. The number of fused-ring (bicyclic) bond motifs is 1. The maximum absolute atomic E-state index is 12.9. The molecule has 0 bridgehead atoms. The number of aryl methyl sites for hydroxylation is 2. The monoisotopic (exact) mass is 444 g/mol. The van der Waals surface area contributed by atoms with E-state index >= 15 is 0 Å². The molecule has 1 amide bonds. The molecular formula is C24H24N6OS. The Morgan fingerprint density at radius 1 is 1.03 bits per heavy atom. The Morgan fingerprint density at radius 2 is 1.78 bits per heavy atom. The van der Waals surface area contributed by atoms with Crippen LogP contribution in [0.5, 0.6) is 0 Å². The Kier molecular flexibility index (Phi) is 5.77. The molecular weight excluding hydrogens is 420 g/mol. The Labute approximate surface area is 190 Å². The molecule has 1 N–H and O–H groups in total. The third-order valence-electron chi connectivity index (χ3n) is 5.58. The second-order valence-electron chi connectivity index (χ2n) is 7.81. The molecule has 7 nitrogen and oxygen atoms in total. The molecule has 32 heavy (non-hydrogen) atoms. The smallest absolute Gasteiger partial charge is 0.236 e. The van der Waals surface area contributed by atoms with E-state index in [-0.39, 0.29) is 11.7 Å². The fraction of sp³-hybridized carbons (Fsp3) is 0.250. The summed E-state index contributed by atoms with van der Waals surface area (Å²) in [5.41, 5.74) is 4.34. The van der Waals surface area contributed by atoms with Gasteiger partial charge in [-0.05, 0) is 43.9 Å². The summed E-state index contributed by atoms with van der Waals surface area (Å²) in [7, 11) is 0. The Morgan fingerprint density at radius 3 is 2.56 bits per heavy atom. The number of anilines is 1. The zero-order valence-electron chi connectivity index (χ0n) is 17.9. The van der Waals surface area contributed by atoms with Gasteiger partial charge in [-0.15, -0.1) is 10.2 Å². The zero-order valence-corrected chi connectivity index (χ0v) is 18.7. The molecule has 1 aliphatic rings. The fourth-order valence-electron chi connectivity index (χ4n) is 3.99. The van der Waals surface area contributed by atoms with E-state index in [4.69, 9.17) is 5.10 Å². The summed E-state index contributed by atoms with van der Waals surface area (Å²) in [6.45, 7) is 2.61. The molecule has 2 aromatic heterocycles. The third-order valence-corrected chi connectivity index (χ3v) is 6.55. The standard InChI is InChI=1S/C24H24N6OS/c1-17-26-27-24(29(17)15-18-9-4-2-5-10-18)32-16-22(31)25-23-20-13-8-14-21(20)28-30(23)19-11-6-3-7-12-19/h2-7,9-12H,8,13-16H2,1H3,(H,25,31). The van der Waals surface area contributed by atoms with Crippen molar-refractivity contribution in [2.24, 2.45) is 0 Å². The van der Waals surface area contributed by atoms with Crippen LogP contribution in [-0.2, 0) is 24.2 Å². The van der Waals surface area contributed by atoms with Gasteiger partial charge in [-0.3, -0.25) is 4.79 Å². The van der Waals surface area contributed by atoms with Gasteiger partial charge in [0.25, 0.3) is 0 Å². The van der Waals surface area contributed by atoms with Crippen LogP contribution >= 0.6 is 11.8 Å². The number of hydrogen-bond donors (Lipinski definition) is 1. The lowest BCUT2D eigenvalue weighted by Crippen LogP contribution is -2.18. The number of hydrogen-bond acceptors (Lipinski definition) is 5. The van der Waals surface area contributed by atoms with Crippen LogP contribution in [-0.4, -0.2) is 36.2 Å². The molecule has 162 valence electrons. The highest BCUT2D eigenvalue weighted by Crippen LogP contribution is 2.31. The zero-order chi connectivity index (χ0) is 21.9. The molecule has 0 radical (unpaired) electrons. The number of thioether (sulfide) groups is 1. The molecule has 0 saturated carbocycles. The molecule has 0 spiro atoms. The summed E-state index contributed by atoms with van der Waals surface area (Å²) >= 11 is 1.40. The average molecular weight is 445 g/mol. The van der Waals surface area contributed by atoms with Gasteiger partial charge in [0.05, 0.1) is 23.7 Å². The number of nitrogens with one attached hydrogen (secondary N) is 1. The predicted molar refractivity (Wildman–Crippen MR) is 125 cm³/mol. The van der Waals surface area contributed by atoms with Crippen LogP contribution in [0.2, 0.25) is 0 Å². The summed E-state index contributed by atoms with van der Waals surface area (Å²) in [4.78, 5) is 12.9. The van der Waals surface area contributed by atoms with Crippen LogP contribution in [0.1, 0.15) is 29.1 Å². The minimum atomic E-state index is -0.0753. The van der Waals surface area contributed by atoms with Gasteiger partial charge in [0.1, 0.15) is 11.6 Å². The highest BCUT2D eigenvalue weighted by atomic mass is 32.2. The summed E-state index contributed by atoms with van der Waals surface area (Å²) in [6.07, 6.45) is 2.97. The summed E-state index contributed by atoms with van der Waals surface area (Å²) in [6, 6.07) is 20.1. The van der Waals surface area contributed by atoms with Crippen molar-refractivity contribution in [2.45, 2.75) is 37.9 Å². The van der Waals surface area contributed by atoms with E-state index in [9.17, 15) is 4.79 Å². The lowest BCUT2D eigenvalue weighted by molar-refractivity contribution is -0.113. The van der Waals surface area contributed by atoms with Gasteiger partial charge in [-0.2, -0.15) is 5.10 Å². The van der Waals surface area contributed by atoms with Crippen molar-refractivity contribution in [1.29, 1.82) is 0 Å². The van der Waals surface area contributed by atoms with Crippen LogP contribution in [0.15, 0.2) is 65.8 Å². The Bertz CT molecular complexity index is 1230. The van der Waals surface area contributed by atoms with E-state index in [1.807, 2.05) is 64.7 Å². The number of carbonyl (C=O) groups excluding carboxylic acids is 1. The lowest BCUT2D eigenvalue weighted by atomic mass is 10.2. The first-order valence-electron chi connectivity index (χ1n) is 10.7. The molecule has 5 rings (SSSR count). The summed E-state index contributed by atoms with van der Waals surface area (Å²) in [5, 5.41) is 17.1. The molecule has 2 aromatic carbocycles. The second kappa shape index (κ2) is 9.00. The van der Waals surface area contributed by atoms with E-state index in [2.05, 4.69) is 27.6 Å². The average Bonchev–Trinajstić information content (AvgIpc) is 3.51. The third kappa shape index (κ3) is 4.18. The summed E-state index contributed by atoms with van der Waals surface area (Å²) < 4.78 is 3.90. The molecule has 4 aromatic rings. The van der Waals surface area contributed by atoms with Crippen LogP contribution in [0.3, 0.4) is 0 Å². The molecule has 2 heterocycles. The van der Waals surface area contributed by atoms with E-state index in [0.29, 0.717) is 6.54 Å². The van der Waals surface area contributed by atoms with Gasteiger partial charge in [-0.1, -0.05) is 60.3 Å². The molecule has 8 heteroatoms. The Hall–Kier alpha value is -3.39. The first-order chi connectivity index (χ1) is 15.7. The quantitative estimate of drug-likeness (QED) is 0.435. The van der Waals surface area contributed by atoms with Crippen molar-refractivity contribution in [3.8, 4) is 5.69 Å². The summed E-state index contributed by atoms with van der Waals surface area (Å²) in [5.74, 6) is 1.79. The normalized spacial score (nSPS) is 12.7. The number of carbonyl (C=O) groups is 1. The van der Waals surface area contributed by atoms with Crippen molar-refractivity contribution in [3.63, 3.8) is 0 Å². The van der Waals surface area contributed by atoms with E-state index in [1.165, 1.54) is 17.3 Å². The van der Waals surface area contributed by atoms with Crippen LogP contribution in [0, 0.1) is 6.92 Å². The minimum Gasteiger partial charge on any atom is -0.310 e. The topological polar surface area (TPSA) is 77.6 Å². The highest BCUT2D eigenvalue weighted by molar-refractivity contribution is 7.99. The van der Waals surface area contributed by atoms with E-state index < -0.39 is 0 Å². The molecule has 1 aliphatic carbocycles. The van der Waals surface area contributed by atoms with Gasteiger partial charge in [0.15, 0.2) is 5.16 Å². The van der Waals surface area contributed by atoms with Crippen molar-refractivity contribution in [3.05, 3.63) is 83.3 Å². The van der Waals surface area contributed by atoms with E-state index in [0.717, 1.165) is 53.0 Å². The van der Waals surface area contributed by atoms with Crippen LogP contribution < -0.4 is 5.32 Å². The van der Waals surface area contributed by atoms with Gasteiger partial charge >= 0.3 is 0 Å². The van der Waals surface area contributed by atoms with Gasteiger partial charge in [0.2, 0.25) is 5.91 Å². The van der Waals surface area contributed by atoms with Crippen molar-refractivity contribution in [1.82, 2.24) is 24.5 Å². The maximum Gasteiger partial charge on any atom is 0.236 e. The van der Waals surface area contributed by atoms with E-state index in [1.54, 1.807) is 0 Å². The van der Waals surface area contributed by atoms with Crippen molar-refractivity contribution in [2.75, 3.05) is 11.1 Å². The van der Waals surface area contributed by atoms with Crippen molar-refractivity contribution < 1.29 is 4.79 Å². The first-order valence-corrected chi connectivity index (χ1v) is 11.7. The molecule has 0 unspecified atom stereocenters. The number of para-hydroxylation sites is 1. The number of aromatic nitrogens is 5. The maximum atomic E-state index is 12.9. The van der Waals surface area contributed by atoms with Crippen LogP contribution in [0.25, 0.3) is 5.69 Å². The minimum absolute atomic E-state index is 0.0753. The van der Waals surface area contributed by atoms with Crippen LogP contribution in [0.4, 0.5) is 5.82 Å². The molecule has 0 saturated heterocycles. The van der Waals surface area contributed by atoms with Crippen molar-refractivity contribution >= 4 is 23.5 Å². The first kappa shape index (κ1) is 20.5. The number of rotatable bonds is 7. The predicted octanol–water partition coefficient (Wildman–Crippen LogP) is 4.04. The molecule has 0 fully saturated rings. The largest absolute Gasteiger partial charge is 0.310 e. The number of benzene rings is 2. The molecule has 0 aliphatic heterocycles. The second-order valence-corrected chi connectivity index (χ2v) is 8.76. The number of amides is 1. The van der Waals surface area contributed by atoms with Gasteiger partial charge in [0, 0.05) is 5.56 Å². The van der Waals surface area contributed by atoms with Gasteiger partial charge in [-0.25, -0.2) is 4.68 Å². The Balaban J connectivity index is 1.31. The molecule has 0 atom stereocenters.